The Kier molecular flexibility index (Phi) is 5.40. The Morgan fingerprint density at radius 3 is 1.79 bits per heavy atom. The first kappa shape index (κ1) is 23.2. The molecule has 4 unspecified atom stereocenters. The van der Waals surface area contributed by atoms with E-state index in [0.717, 1.165) is 40.3 Å². The number of hydrogen-bond donors (Lipinski definition) is 2. The lowest BCUT2D eigenvalue weighted by atomic mass is 9.53. The molecule has 0 heterocycles. The molecule has 4 nitrogen and oxygen atoms in total. The first-order valence-electron chi connectivity index (χ1n) is 13.8. The van der Waals surface area contributed by atoms with E-state index in [4.69, 9.17) is 20.9 Å². The molecule has 4 heteroatoms. The smallest absolute Gasteiger partial charge is 0.131 e. The molecule has 3 aliphatic rings. The van der Waals surface area contributed by atoms with E-state index in [9.17, 15) is 0 Å². The van der Waals surface area contributed by atoms with Crippen LogP contribution in [0.4, 0.5) is 11.4 Å². The van der Waals surface area contributed by atoms with Crippen LogP contribution in [0, 0.1) is 11.8 Å². The zero-order valence-corrected chi connectivity index (χ0v) is 21.6. The second kappa shape index (κ2) is 8.83. The molecule has 0 aromatic heterocycles. The molecule has 2 bridgehead atoms. The SMILES string of the molecule is Nc1ccc(Oc2ccccc2C23CCC(C2)C2CCCC23c2ccccc2Oc2ccc(N)cc2)cc1. The quantitative estimate of drug-likeness (QED) is 0.261. The number of fused-ring (bicyclic) bond motifs is 5. The summed E-state index contributed by atoms with van der Waals surface area (Å²) >= 11 is 0. The summed E-state index contributed by atoms with van der Waals surface area (Å²) in [6.07, 6.45) is 7.36. The molecule has 38 heavy (non-hydrogen) atoms. The first-order chi connectivity index (χ1) is 18.6. The van der Waals surface area contributed by atoms with Crippen LogP contribution < -0.4 is 20.9 Å². The van der Waals surface area contributed by atoms with Crippen molar-refractivity contribution in [2.75, 3.05) is 11.5 Å². The highest BCUT2D eigenvalue weighted by molar-refractivity contribution is 5.56. The number of para-hydroxylation sites is 2. The van der Waals surface area contributed by atoms with E-state index in [-0.39, 0.29) is 10.8 Å². The van der Waals surface area contributed by atoms with Gasteiger partial charge in [-0.05, 0) is 105 Å². The predicted octanol–water partition coefficient (Wildman–Crippen LogP) is 8.23. The van der Waals surface area contributed by atoms with E-state index in [2.05, 4.69) is 48.5 Å². The van der Waals surface area contributed by atoms with Gasteiger partial charge in [0.15, 0.2) is 0 Å². The van der Waals surface area contributed by atoms with Crippen LogP contribution in [0.1, 0.15) is 49.7 Å². The summed E-state index contributed by atoms with van der Waals surface area (Å²) in [5.41, 5.74) is 16.1. The van der Waals surface area contributed by atoms with Crippen molar-refractivity contribution in [3.05, 3.63) is 108 Å². The molecule has 4 N–H and O–H groups in total. The average molecular weight is 503 g/mol. The molecular weight excluding hydrogens is 468 g/mol. The molecule has 3 fully saturated rings. The lowest BCUT2D eigenvalue weighted by Gasteiger charge is -2.50. The minimum absolute atomic E-state index is 0.00378. The first-order valence-corrected chi connectivity index (χ1v) is 13.8. The second-order valence-corrected chi connectivity index (χ2v) is 11.4. The van der Waals surface area contributed by atoms with E-state index in [0.29, 0.717) is 5.92 Å². The van der Waals surface area contributed by atoms with Crippen LogP contribution in [0.2, 0.25) is 0 Å². The van der Waals surface area contributed by atoms with Gasteiger partial charge in [0, 0.05) is 33.3 Å². The molecule has 4 aromatic carbocycles. The molecule has 7 rings (SSSR count). The van der Waals surface area contributed by atoms with Crippen molar-refractivity contribution in [1.29, 1.82) is 0 Å². The number of nitrogens with two attached hydrogens (primary N) is 2. The Morgan fingerprint density at radius 2 is 1.16 bits per heavy atom. The monoisotopic (exact) mass is 502 g/mol. The van der Waals surface area contributed by atoms with Gasteiger partial charge in [-0.1, -0.05) is 42.8 Å². The Morgan fingerprint density at radius 1 is 0.605 bits per heavy atom. The van der Waals surface area contributed by atoms with E-state index >= 15 is 0 Å². The van der Waals surface area contributed by atoms with Crippen LogP contribution >= 0.6 is 0 Å². The fraction of sp³-hybridized carbons (Fsp3) is 0.294. The summed E-state index contributed by atoms with van der Waals surface area (Å²) in [5, 5.41) is 0. The lowest BCUT2D eigenvalue weighted by Crippen LogP contribution is -2.48. The number of ether oxygens (including phenoxy) is 2. The molecule has 0 aliphatic heterocycles. The van der Waals surface area contributed by atoms with Gasteiger partial charge in [0.1, 0.15) is 23.0 Å². The van der Waals surface area contributed by atoms with Crippen molar-refractivity contribution in [2.45, 2.75) is 49.4 Å². The van der Waals surface area contributed by atoms with Crippen LogP contribution in [0.15, 0.2) is 97.1 Å². The van der Waals surface area contributed by atoms with Crippen LogP contribution in [0.5, 0.6) is 23.0 Å². The largest absolute Gasteiger partial charge is 0.457 e. The van der Waals surface area contributed by atoms with Gasteiger partial charge < -0.3 is 20.9 Å². The molecule has 0 spiro atoms. The highest BCUT2D eigenvalue weighted by atomic mass is 16.5. The summed E-state index contributed by atoms with van der Waals surface area (Å²) in [5.74, 6) is 4.94. The highest BCUT2D eigenvalue weighted by Gasteiger charge is 2.70. The Labute approximate surface area is 224 Å². The molecule has 4 atom stereocenters. The maximum atomic E-state index is 6.61. The fourth-order valence-corrected chi connectivity index (χ4v) is 8.37. The molecule has 0 amide bonds. The lowest BCUT2D eigenvalue weighted by molar-refractivity contribution is 0.165. The molecule has 3 aliphatic carbocycles. The number of hydrogen-bond acceptors (Lipinski definition) is 4. The maximum Gasteiger partial charge on any atom is 0.131 e. The van der Waals surface area contributed by atoms with Crippen molar-refractivity contribution in [2.24, 2.45) is 11.8 Å². The average Bonchev–Trinajstić information content (AvgIpc) is 3.64. The Bertz CT molecular complexity index is 1460. The van der Waals surface area contributed by atoms with Gasteiger partial charge in [0.25, 0.3) is 0 Å². The normalized spacial score (nSPS) is 27.3. The summed E-state index contributed by atoms with van der Waals surface area (Å²) in [7, 11) is 0. The Balaban J connectivity index is 1.36. The standard InChI is InChI=1S/C34H34N2O2/c35-24-11-15-26(16-12-24)37-31-9-3-1-6-29(31)33-21-19-23(22-33)28-8-5-20-34(28,33)30-7-2-4-10-32(30)38-27-17-13-25(36)14-18-27/h1-4,6-7,9-18,23,28H,5,8,19-22,35-36H2. The topological polar surface area (TPSA) is 70.5 Å². The number of nitrogen functional groups attached to an aromatic ring is 2. The third kappa shape index (κ3) is 3.43. The van der Waals surface area contributed by atoms with Gasteiger partial charge in [0.05, 0.1) is 0 Å². The fourth-order valence-electron chi connectivity index (χ4n) is 8.37. The third-order valence-corrected chi connectivity index (χ3v) is 9.68. The summed E-state index contributed by atoms with van der Waals surface area (Å²) in [6.45, 7) is 0. The zero-order chi connectivity index (χ0) is 25.7. The number of benzene rings is 4. The second-order valence-electron chi connectivity index (χ2n) is 11.4. The summed E-state index contributed by atoms with van der Waals surface area (Å²) in [6, 6.07) is 32.9. The van der Waals surface area contributed by atoms with E-state index < -0.39 is 0 Å². The molecule has 3 saturated carbocycles. The molecule has 0 saturated heterocycles. The highest BCUT2D eigenvalue weighted by Crippen LogP contribution is 2.75. The zero-order valence-electron chi connectivity index (χ0n) is 21.6. The van der Waals surface area contributed by atoms with Crippen LogP contribution in [0.3, 0.4) is 0 Å². The van der Waals surface area contributed by atoms with Gasteiger partial charge in [-0.25, -0.2) is 0 Å². The van der Waals surface area contributed by atoms with Gasteiger partial charge >= 0.3 is 0 Å². The van der Waals surface area contributed by atoms with Crippen LogP contribution in [0.25, 0.3) is 0 Å². The van der Waals surface area contributed by atoms with Crippen molar-refractivity contribution >= 4 is 11.4 Å². The van der Waals surface area contributed by atoms with E-state index in [1.807, 2.05) is 48.5 Å². The van der Waals surface area contributed by atoms with Crippen molar-refractivity contribution < 1.29 is 9.47 Å². The van der Waals surface area contributed by atoms with Gasteiger partial charge in [-0.3, -0.25) is 0 Å². The summed E-state index contributed by atoms with van der Waals surface area (Å²) in [4.78, 5) is 0. The van der Waals surface area contributed by atoms with Crippen molar-refractivity contribution in [3.63, 3.8) is 0 Å². The third-order valence-electron chi connectivity index (χ3n) is 9.68. The predicted molar refractivity (Wildman–Crippen MR) is 153 cm³/mol. The number of rotatable bonds is 6. The number of anilines is 2. The molecule has 192 valence electrons. The molecular formula is C34H34N2O2. The van der Waals surface area contributed by atoms with Crippen molar-refractivity contribution in [1.82, 2.24) is 0 Å². The minimum atomic E-state index is 0.00378. The van der Waals surface area contributed by atoms with Crippen LogP contribution in [-0.4, -0.2) is 0 Å². The van der Waals surface area contributed by atoms with Crippen molar-refractivity contribution in [3.8, 4) is 23.0 Å². The maximum absolute atomic E-state index is 6.61. The van der Waals surface area contributed by atoms with E-state index in [1.54, 1.807) is 0 Å². The molecule has 4 aromatic rings. The molecule has 0 radical (unpaired) electrons. The van der Waals surface area contributed by atoms with Gasteiger partial charge in [0.2, 0.25) is 0 Å². The Hall–Kier alpha value is -3.92. The van der Waals surface area contributed by atoms with Crippen LogP contribution in [-0.2, 0) is 10.8 Å². The van der Waals surface area contributed by atoms with Gasteiger partial charge in [-0.15, -0.1) is 0 Å². The van der Waals surface area contributed by atoms with E-state index in [1.165, 1.54) is 49.7 Å². The minimum Gasteiger partial charge on any atom is -0.457 e. The summed E-state index contributed by atoms with van der Waals surface area (Å²) < 4.78 is 13.2. The van der Waals surface area contributed by atoms with Gasteiger partial charge in [-0.2, -0.15) is 0 Å².